The lowest BCUT2D eigenvalue weighted by molar-refractivity contribution is 0.0636. The highest BCUT2D eigenvalue weighted by Crippen LogP contribution is 2.17. The van der Waals surface area contributed by atoms with Gasteiger partial charge in [0, 0.05) is 5.69 Å². The van der Waals surface area contributed by atoms with Crippen molar-refractivity contribution in [2.24, 2.45) is 0 Å². The number of rotatable bonds is 3. The molecule has 1 aromatic carbocycles. The number of aliphatic hydroxyl groups is 1. The fraction of sp³-hybridized carbons (Fsp3) is 0.500. The maximum atomic E-state index is 11.6. The molecule has 1 rings (SSSR count). The highest BCUT2D eigenvalue weighted by Gasteiger charge is 2.16. The fourth-order valence-corrected chi connectivity index (χ4v) is 1.55. The molecule has 0 spiro atoms. The quantitative estimate of drug-likeness (QED) is 0.868. The van der Waals surface area contributed by atoms with Crippen LogP contribution in [-0.4, -0.2) is 16.8 Å². The lowest BCUT2D eigenvalue weighted by atomic mass is 10.1. The van der Waals surface area contributed by atoms with Gasteiger partial charge in [0.15, 0.2) is 0 Å². The number of nitrogens with one attached hydrogen (secondary N) is 1. The first-order valence-electron chi connectivity index (χ1n) is 6.07. The Morgan fingerprint density at radius 1 is 1.28 bits per heavy atom. The fourth-order valence-electron chi connectivity index (χ4n) is 1.55. The molecule has 4 nitrogen and oxygen atoms in total. The summed E-state index contributed by atoms with van der Waals surface area (Å²) in [7, 11) is 0. The van der Waals surface area contributed by atoms with E-state index in [1.165, 1.54) is 0 Å². The van der Waals surface area contributed by atoms with Gasteiger partial charge < -0.3 is 9.84 Å². The maximum absolute atomic E-state index is 11.6. The van der Waals surface area contributed by atoms with Crippen LogP contribution in [0.2, 0.25) is 0 Å². The zero-order valence-electron chi connectivity index (χ0n) is 11.4. The Bertz CT molecular complexity index is 399. The summed E-state index contributed by atoms with van der Waals surface area (Å²) in [6, 6.07) is 5.53. The van der Waals surface area contributed by atoms with Gasteiger partial charge in [-0.05, 0) is 50.5 Å². The predicted molar refractivity (Wildman–Crippen MR) is 71.6 cm³/mol. The average molecular weight is 251 g/mol. The zero-order chi connectivity index (χ0) is 13.8. The lowest BCUT2D eigenvalue weighted by Gasteiger charge is -2.20. The molecule has 0 radical (unpaired) electrons. The number of carbonyl (C=O) groups excluding carboxylic acids is 1. The van der Waals surface area contributed by atoms with Crippen LogP contribution in [0.5, 0.6) is 0 Å². The first-order chi connectivity index (χ1) is 8.34. The molecule has 0 bridgehead atoms. The van der Waals surface area contributed by atoms with E-state index in [1.54, 1.807) is 6.07 Å². The highest BCUT2D eigenvalue weighted by atomic mass is 16.6. The minimum Gasteiger partial charge on any atom is -0.444 e. The smallest absolute Gasteiger partial charge is 0.412 e. The molecule has 0 fully saturated rings. The third-order valence-corrected chi connectivity index (χ3v) is 2.29. The van der Waals surface area contributed by atoms with Crippen LogP contribution in [0.1, 0.15) is 38.8 Å². The number of aliphatic hydroxyl groups excluding tert-OH is 1. The van der Waals surface area contributed by atoms with Crippen molar-refractivity contribution in [2.45, 2.75) is 46.3 Å². The summed E-state index contributed by atoms with van der Waals surface area (Å²) in [5.41, 5.74) is 1.97. The Balaban J connectivity index is 2.80. The van der Waals surface area contributed by atoms with E-state index in [1.807, 2.05) is 39.8 Å². The first-order valence-corrected chi connectivity index (χ1v) is 6.07. The van der Waals surface area contributed by atoms with E-state index >= 15 is 0 Å². The summed E-state index contributed by atoms with van der Waals surface area (Å²) in [4.78, 5) is 11.6. The SMILES string of the molecule is CCc1cc(CO)cc(NC(=O)OC(C)(C)C)c1. The van der Waals surface area contributed by atoms with E-state index in [0.29, 0.717) is 5.69 Å². The number of hydrogen-bond acceptors (Lipinski definition) is 3. The molecule has 0 heterocycles. The molecule has 0 unspecified atom stereocenters. The summed E-state index contributed by atoms with van der Waals surface area (Å²) < 4.78 is 5.18. The summed E-state index contributed by atoms with van der Waals surface area (Å²) in [6.45, 7) is 7.42. The molecule has 100 valence electrons. The van der Waals surface area contributed by atoms with E-state index in [9.17, 15) is 4.79 Å². The van der Waals surface area contributed by atoms with Crippen LogP contribution in [0.3, 0.4) is 0 Å². The van der Waals surface area contributed by atoms with Gasteiger partial charge in [-0.25, -0.2) is 4.79 Å². The van der Waals surface area contributed by atoms with Crippen molar-refractivity contribution in [3.05, 3.63) is 29.3 Å². The third kappa shape index (κ3) is 4.75. The van der Waals surface area contributed by atoms with Crippen molar-refractivity contribution >= 4 is 11.8 Å². The minimum absolute atomic E-state index is 0.0448. The predicted octanol–water partition coefficient (Wildman–Crippen LogP) is 3.09. The molecule has 0 saturated carbocycles. The summed E-state index contributed by atoms with van der Waals surface area (Å²) in [5.74, 6) is 0. The third-order valence-electron chi connectivity index (χ3n) is 2.29. The van der Waals surface area contributed by atoms with Crippen molar-refractivity contribution in [3.8, 4) is 0 Å². The molecule has 1 aromatic rings. The van der Waals surface area contributed by atoms with Crippen LogP contribution >= 0.6 is 0 Å². The molecule has 0 atom stereocenters. The second-order valence-corrected chi connectivity index (χ2v) is 5.18. The standard InChI is InChI=1S/C14H21NO3/c1-5-10-6-11(9-16)8-12(7-10)15-13(17)18-14(2,3)4/h6-8,16H,5,9H2,1-4H3,(H,15,17). The van der Waals surface area contributed by atoms with E-state index in [0.717, 1.165) is 17.5 Å². The number of carbonyl (C=O) groups is 1. The molecular weight excluding hydrogens is 230 g/mol. The van der Waals surface area contributed by atoms with Gasteiger partial charge in [-0.2, -0.15) is 0 Å². The van der Waals surface area contributed by atoms with Crippen molar-refractivity contribution in [3.63, 3.8) is 0 Å². The Morgan fingerprint density at radius 2 is 1.89 bits per heavy atom. The summed E-state index contributed by atoms with van der Waals surface area (Å²) >= 11 is 0. The molecule has 18 heavy (non-hydrogen) atoms. The van der Waals surface area contributed by atoms with E-state index < -0.39 is 11.7 Å². The Morgan fingerprint density at radius 3 is 2.39 bits per heavy atom. The van der Waals surface area contributed by atoms with E-state index in [2.05, 4.69) is 5.32 Å². The first kappa shape index (κ1) is 14.5. The monoisotopic (exact) mass is 251 g/mol. The van der Waals surface area contributed by atoms with Crippen molar-refractivity contribution in [1.82, 2.24) is 0 Å². The number of anilines is 1. The maximum Gasteiger partial charge on any atom is 0.412 e. The van der Waals surface area contributed by atoms with E-state index in [-0.39, 0.29) is 6.61 Å². The normalized spacial score (nSPS) is 11.2. The van der Waals surface area contributed by atoms with Gasteiger partial charge in [-0.15, -0.1) is 0 Å². The van der Waals surface area contributed by atoms with Gasteiger partial charge >= 0.3 is 6.09 Å². The Kier molecular flexibility index (Phi) is 4.73. The van der Waals surface area contributed by atoms with Crippen molar-refractivity contribution in [1.29, 1.82) is 0 Å². The van der Waals surface area contributed by atoms with Gasteiger partial charge in [-0.3, -0.25) is 5.32 Å². The van der Waals surface area contributed by atoms with Gasteiger partial charge in [0.2, 0.25) is 0 Å². The summed E-state index contributed by atoms with van der Waals surface area (Å²) in [6.07, 6.45) is 0.358. The Hall–Kier alpha value is -1.55. The lowest BCUT2D eigenvalue weighted by Crippen LogP contribution is -2.27. The van der Waals surface area contributed by atoms with Crippen LogP contribution in [0.25, 0.3) is 0 Å². The van der Waals surface area contributed by atoms with Crippen LogP contribution in [0.15, 0.2) is 18.2 Å². The van der Waals surface area contributed by atoms with Crippen LogP contribution in [0.4, 0.5) is 10.5 Å². The second kappa shape index (κ2) is 5.87. The topological polar surface area (TPSA) is 58.6 Å². The molecule has 4 heteroatoms. The van der Waals surface area contributed by atoms with Crippen LogP contribution in [-0.2, 0) is 17.8 Å². The van der Waals surface area contributed by atoms with Crippen molar-refractivity contribution < 1.29 is 14.6 Å². The Labute approximate surface area is 108 Å². The number of benzene rings is 1. The minimum atomic E-state index is -0.522. The van der Waals surface area contributed by atoms with Gasteiger partial charge in [0.25, 0.3) is 0 Å². The molecule has 0 aliphatic carbocycles. The molecule has 0 aliphatic rings. The van der Waals surface area contributed by atoms with Crippen LogP contribution in [0, 0.1) is 0 Å². The van der Waals surface area contributed by atoms with E-state index in [4.69, 9.17) is 9.84 Å². The van der Waals surface area contributed by atoms with Gasteiger partial charge in [0.05, 0.1) is 6.61 Å². The number of amides is 1. The average Bonchev–Trinajstić information content (AvgIpc) is 2.25. The number of hydrogen-bond donors (Lipinski definition) is 2. The highest BCUT2D eigenvalue weighted by molar-refractivity contribution is 5.85. The molecule has 0 aromatic heterocycles. The zero-order valence-corrected chi connectivity index (χ0v) is 11.4. The van der Waals surface area contributed by atoms with Crippen LogP contribution < -0.4 is 5.32 Å². The summed E-state index contributed by atoms with van der Waals surface area (Å²) in [5, 5.41) is 11.8. The molecule has 0 aliphatic heterocycles. The van der Waals surface area contributed by atoms with Gasteiger partial charge in [0.1, 0.15) is 5.60 Å². The molecule has 2 N–H and O–H groups in total. The second-order valence-electron chi connectivity index (χ2n) is 5.18. The van der Waals surface area contributed by atoms with Gasteiger partial charge in [-0.1, -0.05) is 13.0 Å². The van der Waals surface area contributed by atoms with Crippen molar-refractivity contribution in [2.75, 3.05) is 5.32 Å². The number of aryl methyl sites for hydroxylation is 1. The molecule has 0 saturated heterocycles. The number of ether oxygens (including phenoxy) is 1. The molecule has 1 amide bonds. The largest absolute Gasteiger partial charge is 0.444 e. The molecular formula is C14H21NO3.